The number of methoxy groups -OCH3 is 1. The zero-order valence-corrected chi connectivity index (χ0v) is 17.9. The predicted molar refractivity (Wildman–Crippen MR) is 112 cm³/mol. The summed E-state index contributed by atoms with van der Waals surface area (Å²) in [5.41, 5.74) is 1.29. The molecule has 0 aromatic heterocycles. The normalized spacial score (nSPS) is 14.9. The Hall–Kier alpha value is -2.62. The Morgan fingerprint density at radius 3 is 2.50 bits per heavy atom. The number of ether oxygens (including phenoxy) is 3. The van der Waals surface area contributed by atoms with E-state index in [1.54, 1.807) is 0 Å². The summed E-state index contributed by atoms with van der Waals surface area (Å²) in [6, 6.07) is 11.9. The molecule has 2 aromatic carbocycles. The van der Waals surface area contributed by atoms with E-state index in [9.17, 15) is 13.2 Å². The highest BCUT2D eigenvalue weighted by Crippen LogP contribution is 2.25. The second kappa shape index (κ2) is 9.92. The van der Waals surface area contributed by atoms with Gasteiger partial charge in [0.25, 0.3) is 5.91 Å². The minimum Gasteiger partial charge on any atom is -0.496 e. The summed E-state index contributed by atoms with van der Waals surface area (Å²) in [6.07, 6.45) is 0. The van der Waals surface area contributed by atoms with Gasteiger partial charge in [0.05, 0.1) is 37.3 Å². The van der Waals surface area contributed by atoms with E-state index in [0.29, 0.717) is 24.7 Å². The zero-order valence-electron chi connectivity index (χ0n) is 17.1. The minimum absolute atomic E-state index is 0.0475. The highest BCUT2D eigenvalue weighted by atomic mass is 32.2. The van der Waals surface area contributed by atoms with Crippen molar-refractivity contribution in [3.63, 3.8) is 0 Å². The molecule has 1 aliphatic rings. The molecule has 0 aliphatic carbocycles. The van der Waals surface area contributed by atoms with Gasteiger partial charge in [-0.25, -0.2) is 8.42 Å². The molecule has 1 N–H and O–H groups in total. The third kappa shape index (κ3) is 5.29. The van der Waals surface area contributed by atoms with Crippen molar-refractivity contribution in [2.24, 2.45) is 0 Å². The zero-order chi connectivity index (χ0) is 21.6. The van der Waals surface area contributed by atoms with Gasteiger partial charge in [0.2, 0.25) is 10.0 Å². The van der Waals surface area contributed by atoms with Crippen molar-refractivity contribution in [2.45, 2.75) is 11.8 Å². The van der Waals surface area contributed by atoms with Gasteiger partial charge in [-0.15, -0.1) is 0 Å². The lowest BCUT2D eigenvalue weighted by atomic mass is 10.2. The van der Waals surface area contributed by atoms with E-state index < -0.39 is 15.9 Å². The van der Waals surface area contributed by atoms with Gasteiger partial charge in [-0.1, -0.05) is 17.7 Å². The molecular weight excluding hydrogens is 408 g/mol. The number of nitrogens with zero attached hydrogens (tertiary/aromatic N) is 1. The maximum absolute atomic E-state index is 12.9. The van der Waals surface area contributed by atoms with Crippen LogP contribution in [0.1, 0.15) is 15.9 Å². The van der Waals surface area contributed by atoms with Crippen LogP contribution in [0.3, 0.4) is 0 Å². The average molecular weight is 435 g/mol. The first kappa shape index (κ1) is 22.1. The highest BCUT2D eigenvalue weighted by Gasteiger charge is 2.28. The van der Waals surface area contributed by atoms with Crippen LogP contribution in [0.5, 0.6) is 11.5 Å². The summed E-state index contributed by atoms with van der Waals surface area (Å²) in [4.78, 5) is 12.7. The van der Waals surface area contributed by atoms with Gasteiger partial charge in [-0.3, -0.25) is 4.79 Å². The quantitative estimate of drug-likeness (QED) is 0.637. The van der Waals surface area contributed by atoms with Crippen molar-refractivity contribution in [1.29, 1.82) is 0 Å². The molecule has 0 saturated carbocycles. The Morgan fingerprint density at radius 1 is 1.13 bits per heavy atom. The molecule has 162 valence electrons. The third-order valence-corrected chi connectivity index (χ3v) is 6.60. The fourth-order valence-electron chi connectivity index (χ4n) is 3.02. The Kier molecular flexibility index (Phi) is 7.30. The molecule has 1 aliphatic heterocycles. The van der Waals surface area contributed by atoms with Crippen LogP contribution in [0.2, 0.25) is 0 Å². The number of carbonyl (C=O) groups excluding carboxylic acids is 1. The van der Waals surface area contributed by atoms with Gasteiger partial charge in [-0.05, 0) is 37.3 Å². The molecule has 0 atom stereocenters. The van der Waals surface area contributed by atoms with Gasteiger partial charge < -0.3 is 19.5 Å². The first-order chi connectivity index (χ1) is 14.4. The number of nitrogens with one attached hydrogen (secondary N) is 1. The second-order valence-corrected chi connectivity index (χ2v) is 8.73. The van der Waals surface area contributed by atoms with Crippen LogP contribution in [0, 0.1) is 6.92 Å². The van der Waals surface area contributed by atoms with Crippen molar-refractivity contribution in [3.8, 4) is 11.5 Å². The number of benzene rings is 2. The molecule has 1 amide bonds. The van der Waals surface area contributed by atoms with Gasteiger partial charge in [0.15, 0.2) is 0 Å². The number of amides is 1. The van der Waals surface area contributed by atoms with Gasteiger partial charge in [-0.2, -0.15) is 4.31 Å². The van der Waals surface area contributed by atoms with Gasteiger partial charge in [0.1, 0.15) is 18.1 Å². The number of hydrogen-bond donors (Lipinski definition) is 1. The van der Waals surface area contributed by atoms with Crippen LogP contribution >= 0.6 is 0 Å². The summed E-state index contributed by atoms with van der Waals surface area (Å²) in [5.74, 6) is 0.581. The predicted octanol–water partition coefficient (Wildman–Crippen LogP) is 1.83. The van der Waals surface area contributed by atoms with Crippen LogP contribution < -0.4 is 14.8 Å². The molecule has 0 spiro atoms. The van der Waals surface area contributed by atoms with Crippen LogP contribution in [-0.2, 0) is 14.8 Å². The molecule has 9 heteroatoms. The number of sulfonamides is 1. The van der Waals surface area contributed by atoms with E-state index in [-0.39, 0.29) is 36.7 Å². The first-order valence-electron chi connectivity index (χ1n) is 9.65. The molecule has 8 nitrogen and oxygen atoms in total. The van der Waals surface area contributed by atoms with Crippen molar-refractivity contribution < 1.29 is 27.4 Å². The third-order valence-electron chi connectivity index (χ3n) is 4.70. The average Bonchev–Trinajstić information content (AvgIpc) is 2.78. The molecule has 1 heterocycles. The van der Waals surface area contributed by atoms with E-state index in [4.69, 9.17) is 14.2 Å². The maximum Gasteiger partial charge on any atom is 0.255 e. The number of aryl methyl sites for hydroxylation is 1. The minimum atomic E-state index is -3.71. The fourth-order valence-corrected chi connectivity index (χ4v) is 4.46. The topological polar surface area (TPSA) is 94.2 Å². The second-order valence-electron chi connectivity index (χ2n) is 6.80. The van der Waals surface area contributed by atoms with Crippen molar-refractivity contribution in [3.05, 3.63) is 53.6 Å². The molecule has 0 bridgehead atoms. The lowest BCUT2D eigenvalue weighted by molar-refractivity contribution is 0.0730. The lowest BCUT2D eigenvalue weighted by Gasteiger charge is -2.26. The standard InChI is InChI=1S/C21H26N2O6S/c1-16-3-5-17(6-4-16)29-12-9-22-21(24)19-15-18(7-8-20(19)27-2)30(25,26)23-10-13-28-14-11-23/h3-8,15H,9-14H2,1-2H3,(H,22,24). The molecule has 2 aromatic rings. The number of morpholine rings is 1. The van der Waals surface area contributed by atoms with E-state index in [1.807, 2.05) is 31.2 Å². The summed E-state index contributed by atoms with van der Waals surface area (Å²) in [7, 11) is -2.28. The largest absolute Gasteiger partial charge is 0.496 e. The van der Waals surface area contributed by atoms with E-state index in [2.05, 4.69) is 5.32 Å². The monoisotopic (exact) mass is 434 g/mol. The van der Waals surface area contributed by atoms with Crippen LogP contribution in [0.15, 0.2) is 47.4 Å². The van der Waals surface area contributed by atoms with Crippen LogP contribution in [-0.4, -0.2) is 65.2 Å². The van der Waals surface area contributed by atoms with Crippen molar-refractivity contribution >= 4 is 15.9 Å². The molecule has 3 rings (SSSR count). The fraction of sp³-hybridized carbons (Fsp3) is 0.381. The molecule has 0 radical (unpaired) electrons. The first-order valence-corrected chi connectivity index (χ1v) is 11.1. The summed E-state index contributed by atoms with van der Waals surface area (Å²) >= 11 is 0. The van der Waals surface area contributed by atoms with E-state index in [0.717, 1.165) is 5.56 Å². The Morgan fingerprint density at radius 2 is 1.83 bits per heavy atom. The summed E-state index contributed by atoms with van der Waals surface area (Å²) in [5, 5.41) is 2.74. The van der Waals surface area contributed by atoms with Gasteiger partial charge in [0, 0.05) is 13.1 Å². The molecule has 1 saturated heterocycles. The Labute approximate surface area is 176 Å². The maximum atomic E-state index is 12.9. The van der Waals surface area contributed by atoms with Crippen LogP contribution in [0.4, 0.5) is 0 Å². The summed E-state index contributed by atoms with van der Waals surface area (Å²) in [6.45, 7) is 3.80. The SMILES string of the molecule is COc1ccc(S(=O)(=O)N2CCOCC2)cc1C(=O)NCCOc1ccc(C)cc1. The summed E-state index contributed by atoms with van der Waals surface area (Å²) < 4.78 is 43.2. The number of hydrogen-bond acceptors (Lipinski definition) is 6. The van der Waals surface area contributed by atoms with E-state index in [1.165, 1.54) is 29.6 Å². The Bertz CT molecular complexity index is 969. The van der Waals surface area contributed by atoms with Gasteiger partial charge >= 0.3 is 0 Å². The van der Waals surface area contributed by atoms with Crippen LogP contribution in [0.25, 0.3) is 0 Å². The van der Waals surface area contributed by atoms with E-state index >= 15 is 0 Å². The number of carbonyl (C=O) groups is 1. The molecule has 0 unspecified atom stereocenters. The molecule has 1 fully saturated rings. The van der Waals surface area contributed by atoms with Crippen molar-refractivity contribution in [2.75, 3.05) is 46.6 Å². The van der Waals surface area contributed by atoms with Crippen molar-refractivity contribution in [1.82, 2.24) is 9.62 Å². The molecular formula is C21H26N2O6S. The Balaban J connectivity index is 1.66. The number of rotatable bonds is 8. The smallest absolute Gasteiger partial charge is 0.255 e. The lowest BCUT2D eigenvalue weighted by Crippen LogP contribution is -2.40. The molecule has 30 heavy (non-hydrogen) atoms. The highest BCUT2D eigenvalue weighted by molar-refractivity contribution is 7.89.